The molecule has 1 aromatic heterocycles. The van der Waals surface area contributed by atoms with Crippen molar-refractivity contribution in [2.75, 3.05) is 26.7 Å². The molecular weight excluding hydrogens is 493 g/mol. The topological polar surface area (TPSA) is 50.6 Å². The number of carbonyl (C=O) groups excluding carboxylic acids is 1. The maximum atomic E-state index is 14.2. The summed E-state index contributed by atoms with van der Waals surface area (Å²) in [5.41, 5.74) is 3.41. The number of hydrogen-bond donors (Lipinski definition) is 0. The van der Waals surface area contributed by atoms with Crippen LogP contribution in [-0.4, -0.2) is 58.0 Å². The van der Waals surface area contributed by atoms with E-state index >= 15 is 0 Å². The molecule has 2 atom stereocenters. The molecular formula is C29H31F3N4O2. The second kappa shape index (κ2) is 10.6. The molecule has 1 amide bonds. The van der Waals surface area contributed by atoms with Crippen LogP contribution in [0.15, 0.2) is 48.4 Å². The number of nitrogens with zero attached hydrogens (tertiary/aromatic N) is 4. The fourth-order valence-corrected chi connectivity index (χ4v) is 5.60. The lowest BCUT2D eigenvalue weighted by Gasteiger charge is -2.49. The number of halogens is 3. The average Bonchev–Trinajstić information content (AvgIpc) is 3.34. The van der Waals surface area contributed by atoms with Crippen molar-refractivity contribution >= 4 is 12.0 Å². The van der Waals surface area contributed by atoms with Crippen LogP contribution >= 0.6 is 0 Å². The Labute approximate surface area is 220 Å². The van der Waals surface area contributed by atoms with Crippen molar-refractivity contribution in [2.24, 2.45) is 0 Å². The number of hydrogen-bond acceptors (Lipinski definition) is 4. The van der Waals surface area contributed by atoms with Crippen molar-refractivity contribution < 1.29 is 22.7 Å². The van der Waals surface area contributed by atoms with Gasteiger partial charge in [0.25, 0.3) is 5.91 Å². The predicted molar refractivity (Wildman–Crippen MR) is 138 cm³/mol. The van der Waals surface area contributed by atoms with Crippen LogP contribution in [0.4, 0.5) is 13.2 Å². The summed E-state index contributed by atoms with van der Waals surface area (Å²) < 4.78 is 49.6. The number of rotatable bonds is 6. The molecule has 200 valence electrons. The molecule has 6 nitrogen and oxygen atoms in total. The Balaban J connectivity index is 1.48. The number of piperazine rings is 1. The molecule has 3 heterocycles. The molecule has 2 saturated heterocycles. The van der Waals surface area contributed by atoms with Crippen molar-refractivity contribution in [1.29, 1.82) is 0 Å². The summed E-state index contributed by atoms with van der Waals surface area (Å²) in [6.07, 6.45) is 7.70. The normalized spacial score (nSPS) is 21.2. The van der Waals surface area contributed by atoms with E-state index in [-0.39, 0.29) is 17.5 Å². The zero-order valence-electron chi connectivity index (χ0n) is 21.8. The van der Waals surface area contributed by atoms with E-state index in [1.54, 1.807) is 18.3 Å². The predicted octanol–water partition coefficient (Wildman–Crippen LogP) is 5.45. The van der Waals surface area contributed by atoms with Crippen LogP contribution in [0.3, 0.4) is 0 Å². The summed E-state index contributed by atoms with van der Waals surface area (Å²) in [5, 5.41) is 0. The number of fused-ring (bicyclic) bond motifs is 1. The van der Waals surface area contributed by atoms with Gasteiger partial charge in [0.2, 0.25) is 0 Å². The van der Waals surface area contributed by atoms with Crippen LogP contribution < -0.4 is 4.74 Å². The van der Waals surface area contributed by atoms with Crippen LogP contribution in [0.2, 0.25) is 0 Å². The van der Waals surface area contributed by atoms with Crippen molar-refractivity contribution in [3.8, 4) is 11.4 Å². The Kier molecular flexibility index (Phi) is 7.29. The smallest absolute Gasteiger partial charge is 0.250 e. The summed E-state index contributed by atoms with van der Waals surface area (Å²) in [7, 11) is 1.59. The second-order valence-electron chi connectivity index (χ2n) is 10.0. The van der Waals surface area contributed by atoms with Crippen LogP contribution in [-0.2, 0) is 4.79 Å². The van der Waals surface area contributed by atoms with Gasteiger partial charge in [0, 0.05) is 30.9 Å². The molecule has 0 aliphatic carbocycles. The van der Waals surface area contributed by atoms with Gasteiger partial charge in [0.05, 0.1) is 30.9 Å². The number of piperidine rings is 1. The first kappa shape index (κ1) is 26.0. The van der Waals surface area contributed by atoms with Gasteiger partial charge < -0.3 is 14.2 Å². The molecule has 38 heavy (non-hydrogen) atoms. The third kappa shape index (κ3) is 4.95. The highest BCUT2D eigenvalue weighted by Gasteiger charge is 2.42. The SMILES string of the molecule is CCCN1C[C@H]2CC/C(=C\c3ccc(-n4cnc(C)c4)c(OC)c3)C(=O)N2[C@@H](c2cc(F)c(F)c(F)c2)C1. The Morgan fingerprint density at radius 1 is 1.13 bits per heavy atom. The molecule has 2 aromatic carbocycles. The number of aromatic nitrogens is 2. The third-order valence-electron chi connectivity index (χ3n) is 7.35. The highest BCUT2D eigenvalue weighted by Crippen LogP contribution is 2.38. The summed E-state index contributed by atoms with van der Waals surface area (Å²) in [6, 6.07) is 7.06. The van der Waals surface area contributed by atoms with E-state index in [4.69, 9.17) is 4.74 Å². The highest BCUT2D eigenvalue weighted by molar-refractivity contribution is 5.99. The van der Waals surface area contributed by atoms with Gasteiger partial charge in [-0.2, -0.15) is 0 Å². The quantitative estimate of drug-likeness (QED) is 0.318. The molecule has 0 spiro atoms. The first-order valence-electron chi connectivity index (χ1n) is 12.9. The Hall–Kier alpha value is -3.59. The van der Waals surface area contributed by atoms with Gasteiger partial charge in [-0.3, -0.25) is 9.69 Å². The Morgan fingerprint density at radius 2 is 1.89 bits per heavy atom. The monoisotopic (exact) mass is 524 g/mol. The first-order chi connectivity index (χ1) is 18.3. The number of benzene rings is 2. The lowest BCUT2D eigenvalue weighted by atomic mass is 9.88. The molecule has 0 bridgehead atoms. The summed E-state index contributed by atoms with van der Waals surface area (Å²) >= 11 is 0. The molecule has 9 heteroatoms. The van der Waals surface area contributed by atoms with Crippen molar-refractivity contribution in [3.05, 3.63) is 82.7 Å². The van der Waals surface area contributed by atoms with Crippen molar-refractivity contribution in [2.45, 2.75) is 45.2 Å². The fraction of sp³-hybridized carbons (Fsp3) is 0.379. The van der Waals surface area contributed by atoms with Crippen molar-refractivity contribution in [3.63, 3.8) is 0 Å². The molecule has 2 fully saturated rings. The maximum absolute atomic E-state index is 14.2. The molecule has 0 saturated carbocycles. The summed E-state index contributed by atoms with van der Waals surface area (Å²) in [6.45, 7) is 5.92. The highest BCUT2D eigenvalue weighted by atomic mass is 19.2. The zero-order valence-corrected chi connectivity index (χ0v) is 21.8. The van der Waals surface area contributed by atoms with E-state index in [0.717, 1.165) is 48.5 Å². The van der Waals surface area contributed by atoms with Gasteiger partial charge in [0.1, 0.15) is 5.75 Å². The largest absolute Gasteiger partial charge is 0.495 e. The van der Waals surface area contributed by atoms with E-state index in [1.165, 1.54) is 0 Å². The molecule has 5 rings (SSSR count). The molecule has 3 aromatic rings. The van der Waals surface area contributed by atoms with Gasteiger partial charge in [0.15, 0.2) is 17.5 Å². The van der Waals surface area contributed by atoms with E-state index in [9.17, 15) is 18.0 Å². The third-order valence-corrected chi connectivity index (χ3v) is 7.35. The van der Waals surface area contributed by atoms with E-state index < -0.39 is 23.5 Å². The van der Waals surface area contributed by atoms with Gasteiger partial charge in [-0.05, 0) is 74.2 Å². The number of imidazole rings is 1. The Morgan fingerprint density at radius 3 is 2.55 bits per heavy atom. The number of aryl methyl sites for hydroxylation is 1. The lowest BCUT2D eigenvalue weighted by molar-refractivity contribution is -0.139. The van der Waals surface area contributed by atoms with Crippen LogP contribution in [0.25, 0.3) is 11.8 Å². The van der Waals surface area contributed by atoms with Gasteiger partial charge in [-0.15, -0.1) is 0 Å². The van der Waals surface area contributed by atoms with Crippen LogP contribution in [0.5, 0.6) is 5.75 Å². The molecule has 0 unspecified atom stereocenters. The van der Waals surface area contributed by atoms with Gasteiger partial charge in [-0.25, -0.2) is 18.2 Å². The molecule has 0 radical (unpaired) electrons. The molecule has 0 N–H and O–H groups in total. The van der Waals surface area contributed by atoms with E-state index in [0.29, 0.717) is 30.8 Å². The number of carbonyl (C=O) groups is 1. The molecule has 2 aliphatic rings. The standard InChI is InChI=1S/C29H31F3N4O2/c1-4-9-34-15-22-7-6-20(10-19-5-8-25(27(11-19)38-3)35-14-18(2)33-17-35)29(37)36(22)26(16-34)21-12-23(30)28(32)24(31)13-21/h5,8,10-14,17,22,26H,4,6-7,9,15-16H2,1-3H3/b20-10+/t22-,26-/m1/s1. The minimum absolute atomic E-state index is 0.0949. The molecule has 2 aliphatic heterocycles. The second-order valence-corrected chi connectivity index (χ2v) is 10.0. The minimum Gasteiger partial charge on any atom is -0.495 e. The van der Waals surface area contributed by atoms with Gasteiger partial charge in [-0.1, -0.05) is 13.0 Å². The Bertz CT molecular complexity index is 1360. The maximum Gasteiger partial charge on any atom is 0.250 e. The number of ether oxygens (including phenoxy) is 1. The van der Waals surface area contributed by atoms with E-state index in [2.05, 4.69) is 16.8 Å². The number of amides is 1. The van der Waals surface area contributed by atoms with Gasteiger partial charge >= 0.3 is 0 Å². The van der Waals surface area contributed by atoms with Crippen LogP contribution in [0, 0.1) is 24.4 Å². The van der Waals surface area contributed by atoms with E-state index in [1.807, 2.05) is 42.0 Å². The van der Waals surface area contributed by atoms with Crippen molar-refractivity contribution in [1.82, 2.24) is 19.4 Å². The average molecular weight is 525 g/mol. The minimum atomic E-state index is -1.50. The summed E-state index contributed by atoms with van der Waals surface area (Å²) in [5.74, 6) is -3.52. The number of methoxy groups -OCH3 is 1. The first-order valence-corrected chi connectivity index (χ1v) is 12.9. The fourth-order valence-electron chi connectivity index (χ4n) is 5.60. The van der Waals surface area contributed by atoms with Crippen LogP contribution in [0.1, 0.15) is 49.0 Å². The summed E-state index contributed by atoms with van der Waals surface area (Å²) in [4.78, 5) is 22.1. The lowest BCUT2D eigenvalue weighted by Crippen LogP contribution is -2.58. The zero-order chi connectivity index (χ0) is 27.0.